The maximum atomic E-state index is 13.3. The summed E-state index contributed by atoms with van der Waals surface area (Å²) in [6.07, 6.45) is 1.93. The van der Waals surface area contributed by atoms with Crippen LogP contribution in [0.1, 0.15) is 26.2 Å². The molecule has 1 atom stereocenters. The first-order chi connectivity index (χ1) is 8.04. The summed E-state index contributed by atoms with van der Waals surface area (Å²) in [5, 5.41) is 11.5. The predicted molar refractivity (Wildman–Crippen MR) is 60.9 cm³/mol. The van der Waals surface area contributed by atoms with E-state index < -0.39 is 23.6 Å². The number of halogens is 2. The molecule has 17 heavy (non-hydrogen) atoms. The van der Waals surface area contributed by atoms with E-state index in [1.165, 1.54) is 0 Å². The van der Waals surface area contributed by atoms with Crippen molar-refractivity contribution in [3.05, 3.63) is 29.8 Å². The fraction of sp³-hybridized carbons (Fsp3) is 0.417. The van der Waals surface area contributed by atoms with E-state index in [9.17, 15) is 13.6 Å². The summed E-state index contributed by atoms with van der Waals surface area (Å²) in [6, 6.07) is 2.02. The topological polar surface area (TPSA) is 49.3 Å². The third kappa shape index (κ3) is 4.01. The second-order valence-corrected chi connectivity index (χ2v) is 3.80. The zero-order valence-corrected chi connectivity index (χ0v) is 9.54. The molecule has 2 N–H and O–H groups in total. The number of hydrogen-bond donors (Lipinski definition) is 2. The van der Waals surface area contributed by atoms with Gasteiger partial charge in [0.1, 0.15) is 17.7 Å². The Labute approximate surface area is 98.5 Å². The molecule has 0 aliphatic carbocycles. The second kappa shape index (κ2) is 6.18. The first kappa shape index (κ1) is 13.4. The van der Waals surface area contributed by atoms with Gasteiger partial charge in [-0.25, -0.2) is 13.6 Å². The van der Waals surface area contributed by atoms with Crippen LogP contribution in [0.15, 0.2) is 18.2 Å². The number of carboxylic acid groups (broad SMARTS) is 1. The van der Waals surface area contributed by atoms with Crippen molar-refractivity contribution in [1.29, 1.82) is 0 Å². The van der Waals surface area contributed by atoms with Crippen LogP contribution in [0.4, 0.5) is 14.5 Å². The summed E-state index contributed by atoms with van der Waals surface area (Å²) in [7, 11) is 0. The Morgan fingerprint density at radius 2 is 2.18 bits per heavy atom. The van der Waals surface area contributed by atoms with Gasteiger partial charge in [-0.2, -0.15) is 0 Å². The molecule has 0 heterocycles. The van der Waals surface area contributed by atoms with E-state index in [2.05, 4.69) is 5.32 Å². The van der Waals surface area contributed by atoms with Gasteiger partial charge in [0.2, 0.25) is 0 Å². The van der Waals surface area contributed by atoms with E-state index in [1.807, 2.05) is 6.92 Å². The maximum Gasteiger partial charge on any atom is 0.326 e. The summed E-state index contributed by atoms with van der Waals surface area (Å²) in [5.41, 5.74) is -0.117. The molecule has 0 saturated heterocycles. The lowest BCUT2D eigenvalue weighted by atomic mass is 10.1. The molecule has 0 fully saturated rings. The van der Waals surface area contributed by atoms with Gasteiger partial charge in [0.25, 0.3) is 0 Å². The Bertz CT molecular complexity index is 396. The molecule has 0 bridgehead atoms. The number of anilines is 1. The minimum atomic E-state index is -1.07. The zero-order chi connectivity index (χ0) is 12.8. The summed E-state index contributed by atoms with van der Waals surface area (Å²) in [5.74, 6) is -2.33. The van der Waals surface area contributed by atoms with Gasteiger partial charge in [0.15, 0.2) is 0 Å². The smallest absolute Gasteiger partial charge is 0.326 e. The van der Waals surface area contributed by atoms with Gasteiger partial charge in [-0.3, -0.25) is 0 Å². The fourth-order valence-corrected chi connectivity index (χ4v) is 1.46. The summed E-state index contributed by atoms with van der Waals surface area (Å²) < 4.78 is 26.2. The standard InChI is InChI=1S/C12H15F2NO2/c1-2-3-4-10(12(16)17)15-11-7-8(13)5-6-9(11)14/h5-7,10,15H,2-4H2,1H3,(H,16,17). The van der Waals surface area contributed by atoms with E-state index in [0.717, 1.165) is 24.6 Å². The zero-order valence-electron chi connectivity index (χ0n) is 9.54. The van der Waals surface area contributed by atoms with Crippen molar-refractivity contribution in [1.82, 2.24) is 0 Å². The van der Waals surface area contributed by atoms with Gasteiger partial charge in [-0.05, 0) is 24.6 Å². The first-order valence-corrected chi connectivity index (χ1v) is 5.49. The highest BCUT2D eigenvalue weighted by molar-refractivity contribution is 5.77. The van der Waals surface area contributed by atoms with E-state index in [-0.39, 0.29) is 5.69 Å². The van der Waals surface area contributed by atoms with E-state index >= 15 is 0 Å². The van der Waals surface area contributed by atoms with Gasteiger partial charge in [-0.1, -0.05) is 19.8 Å². The van der Waals surface area contributed by atoms with E-state index in [0.29, 0.717) is 12.8 Å². The molecule has 0 radical (unpaired) electrons. The van der Waals surface area contributed by atoms with Crippen LogP contribution in [0, 0.1) is 11.6 Å². The number of carboxylic acids is 1. The molecular formula is C12H15F2NO2. The Morgan fingerprint density at radius 3 is 2.76 bits per heavy atom. The average molecular weight is 243 g/mol. The highest BCUT2D eigenvalue weighted by atomic mass is 19.1. The summed E-state index contributed by atoms with van der Waals surface area (Å²) in [6.45, 7) is 1.93. The molecule has 1 rings (SSSR count). The molecule has 0 amide bonds. The summed E-state index contributed by atoms with van der Waals surface area (Å²) in [4.78, 5) is 10.9. The van der Waals surface area contributed by atoms with Gasteiger partial charge < -0.3 is 10.4 Å². The van der Waals surface area contributed by atoms with Crippen LogP contribution in [0.3, 0.4) is 0 Å². The second-order valence-electron chi connectivity index (χ2n) is 3.80. The van der Waals surface area contributed by atoms with Gasteiger partial charge in [-0.15, -0.1) is 0 Å². The molecule has 3 nitrogen and oxygen atoms in total. The molecular weight excluding hydrogens is 228 g/mol. The molecule has 1 unspecified atom stereocenters. The molecule has 0 saturated carbocycles. The number of aliphatic carboxylic acids is 1. The van der Waals surface area contributed by atoms with Gasteiger partial charge in [0.05, 0.1) is 5.69 Å². The van der Waals surface area contributed by atoms with Crippen molar-refractivity contribution in [3.8, 4) is 0 Å². The van der Waals surface area contributed by atoms with Crippen molar-refractivity contribution in [2.45, 2.75) is 32.2 Å². The fourth-order valence-electron chi connectivity index (χ4n) is 1.46. The van der Waals surface area contributed by atoms with Crippen LogP contribution in [0.5, 0.6) is 0 Å². The Kier molecular flexibility index (Phi) is 4.87. The minimum Gasteiger partial charge on any atom is -0.480 e. The van der Waals surface area contributed by atoms with Crippen LogP contribution in [0.2, 0.25) is 0 Å². The minimum absolute atomic E-state index is 0.117. The van der Waals surface area contributed by atoms with Crippen LogP contribution in [0.25, 0.3) is 0 Å². The van der Waals surface area contributed by atoms with Crippen molar-refractivity contribution in [2.75, 3.05) is 5.32 Å². The highest BCUT2D eigenvalue weighted by Gasteiger charge is 2.18. The number of hydrogen-bond acceptors (Lipinski definition) is 2. The molecule has 0 spiro atoms. The monoisotopic (exact) mass is 243 g/mol. The van der Waals surface area contributed by atoms with Crippen LogP contribution in [-0.2, 0) is 4.79 Å². The normalized spacial score (nSPS) is 12.2. The van der Waals surface area contributed by atoms with Crippen LogP contribution < -0.4 is 5.32 Å². The lowest BCUT2D eigenvalue weighted by molar-refractivity contribution is -0.138. The maximum absolute atomic E-state index is 13.3. The predicted octanol–water partition coefficient (Wildman–Crippen LogP) is 3.02. The molecule has 0 aliphatic heterocycles. The van der Waals surface area contributed by atoms with Gasteiger partial charge in [0, 0.05) is 0 Å². The molecule has 1 aromatic rings. The van der Waals surface area contributed by atoms with Crippen molar-refractivity contribution >= 4 is 11.7 Å². The Morgan fingerprint density at radius 1 is 1.47 bits per heavy atom. The average Bonchev–Trinajstić information content (AvgIpc) is 2.28. The number of rotatable bonds is 6. The molecule has 0 aliphatic rings. The van der Waals surface area contributed by atoms with Crippen molar-refractivity contribution in [3.63, 3.8) is 0 Å². The Hall–Kier alpha value is -1.65. The van der Waals surface area contributed by atoms with Crippen molar-refractivity contribution in [2.24, 2.45) is 0 Å². The lowest BCUT2D eigenvalue weighted by Gasteiger charge is -2.15. The SMILES string of the molecule is CCCCC(Nc1cc(F)ccc1F)C(=O)O. The van der Waals surface area contributed by atoms with Crippen LogP contribution >= 0.6 is 0 Å². The largest absolute Gasteiger partial charge is 0.480 e. The number of nitrogens with one attached hydrogen (secondary N) is 1. The third-order valence-electron chi connectivity index (χ3n) is 2.40. The van der Waals surface area contributed by atoms with Crippen LogP contribution in [-0.4, -0.2) is 17.1 Å². The molecule has 1 aromatic carbocycles. The first-order valence-electron chi connectivity index (χ1n) is 5.49. The number of unbranched alkanes of at least 4 members (excludes halogenated alkanes) is 1. The van der Waals surface area contributed by atoms with E-state index in [1.54, 1.807) is 0 Å². The molecule has 5 heteroatoms. The molecule has 0 aromatic heterocycles. The van der Waals surface area contributed by atoms with E-state index in [4.69, 9.17) is 5.11 Å². The summed E-state index contributed by atoms with van der Waals surface area (Å²) >= 11 is 0. The lowest BCUT2D eigenvalue weighted by Crippen LogP contribution is -2.29. The van der Waals surface area contributed by atoms with Gasteiger partial charge >= 0.3 is 5.97 Å². The third-order valence-corrected chi connectivity index (χ3v) is 2.40. The molecule has 94 valence electrons. The highest BCUT2D eigenvalue weighted by Crippen LogP contribution is 2.17. The van der Waals surface area contributed by atoms with Crippen molar-refractivity contribution < 1.29 is 18.7 Å². The quantitative estimate of drug-likeness (QED) is 0.807. The number of carbonyl (C=O) groups is 1. The number of benzene rings is 1. The Balaban J connectivity index is 2.78.